The number of aryl methyl sites for hydroxylation is 1. The van der Waals surface area contributed by atoms with E-state index in [1.165, 1.54) is 0 Å². The number of aromatic hydroxyl groups is 1. The first-order valence-corrected chi connectivity index (χ1v) is 8.11. The van der Waals surface area contributed by atoms with Gasteiger partial charge >= 0.3 is 0 Å². The first-order valence-electron chi connectivity index (χ1n) is 8.11. The highest BCUT2D eigenvalue weighted by Gasteiger charge is 2.29. The summed E-state index contributed by atoms with van der Waals surface area (Å²) in [5.74, 6) is 1.23. The monoisotopic (exact) mass is 323 g/mol. The molecule has 6 heteroatoms. The summed E-state index contributed by atoms with van der Waals surface area (Å²) < 4.78 is 0. The molecule has 124 valence electrons. The highest BCUT2D eigenvalue weighted by atomic mass is 16.3. The maximum atomic E-state index is 10.1. The molecule has 1 heterocycles. The molecule has 0 radical (unpaired) electrons. The molecule has 0 bridgehead atoms. The number of phenols is 1. The van der Waals surface area contributed by atoms with E-state index in [-0.39, 0.29) is 17.5 Å². The van der Waals surface area contributed by atoms with Crippen LogP contribution < -0.4 is 11.5 Å². The van der Waals surface area contributed by atoms with Crippen LogP contribution in [0.25, 0.3) is 11.4 Å². The third-order valence-corrected chi connectivity index (χ3v) is 4.73. The molecule has 0 saturated heterocycles. The molecule has 1 aromatic carbocycles. The second-order valence-corrected chi connectivity index (χ2v) is 6.44. The molecule has 1 fully saturated rings. The molecule has 1 aromatic heterocycles. The van der Waals surface area contributed by atoms with E-state index < -0.39 is 0 Å². The van der Waals surface area contributed by atoms with Gasteiger partial charge in [0.2, 0.25) is 0 Å². The quantitative estimate of drug-likeness (QED) is 0.797. The lowest BCUT2D eigenvalue weighted by Crippen LogP contribution is -2.12. The molecule has 2 unspecified atom stereocenters. The van der Waals surface area contributed by atoms with Crippen LogP contribution in [0.3, 0.4) is 0 Å². The summed E-state index contributed by atoms with van der Waals surface area (Å²) in [5.41, 5.74) is 14.3. The van der Waals surface area contributed by atoms with Crippen LogP contribution in [0.2, 0.25) is 0 Å². The van der Waals surface area contributed by atoms with Crippen LogP contribution >= 0.6 is 0 Å². The molecule has 0 spiro atoms. The molecule has 1 aliphatic rings. The maximum Gasteiger partial charge on any atom is 0.165 e. The zero-order valence-corrected chi connectivity index (χ0v) is 13.7. The third kappa shape index (κ3) is 2.91. The fraction of sp³-hybridized carbons (Fsp3) is 0.389. The average molecular weight is 323 g/mol. The highest BCUT2D eigenvalue weighted by molar-refractivity contribution is 5.67. The van der Waals surface area contributed by atoms with E-state index in [1.54, 1.807) is 6.07 Å². The van der Waals surface area contributed by atoms with Crippen LogP contribution in [0.1, 0.15) is 42.0 Å². The Hall–Kier alpha value is -2.65. The first kappa shape index (κ1) is 16.2. The summed E-state index contributed by atoms with van der Waals surface area (Å²) in [6.07, 6.45) is 2.87. The van der Waals surface area contributed by atoms with Crippen LogP contribution in [0.4, 0.5) is 5.82 Å². The van der Waals surface area contributed by atoms with Crippen molar-refractivity contribution in [2.75, 3.05) is 12.3 Å². The number of benzene rings is 1. The molecule has 0 aliphatic heterocycles. The SMILES string of the molecule is Cc1ccc(O)c(-c2nc(N)c(C#N)c(C3CCC(CN)C3)n2)c1. The van der Waals surface area contributed by atoms with Crippen LogP contribution in [0.15, 0.2) is 18.2 Å². The second-order valence-electron chi connectivity index (χ2n) is 6.44. The van der Waals surface area contributed by atoms with Gasteiger partial charge in [0.05, 0.1) is 11.3 Å². The smallest absolute Gasteiger partial charge is 0.165 e. The summed E-state index contributed by atoms with van der Waals surface area (Å²) in [7, 11) is 0. The number of rotatable bonds is 3. The average Bonchev–Trinajstić information content (AvgIpc) is 3.05. The van der Waals surface area contributed by atoms with Crippen molar-refractivity contribution in [1.82, 2.24) is 9.97 Å². The number of aromatic nitrogens is 2. The highest BCUT2D eigenvalue weighted by Crippen LogP contribution is 2.40. The third-order valence-electron chi connectivity index (χ3n) is 4.73. The Morgan fingerprint density at radius 3 is 2.79 bits per heavy atom. The van der Waals surface area contributed by atoms with Crippen LogP contribution in [-0.2, 0) is 0 Å². The van der Waals surface area contributed by atoms with Gasteiger partial charge in [-0.3, -0.25) is 0 Å². The van der Waals surface area contributed by atoms with Crippen molar-refractivity contribution in [3.8, 4) is 23.2 Å². The van der Waals surface area contributed by atoms with E-state index in [4.69, 9.17) is 11.5 Å². The zero-order chi connectivity index (χ0) is 17.3. The van der Waals surface area contributed by atoms with Crippen molar-refractivity contribution >= 4 is 5.82 Å². The van der Waals surface area contributed by atoms with Gasteiger partial charge in [-0.25, -0.2) is 9.97 Å². The van der Waals surface area contributed by atoms with Gasteiger partial charge in [-0.1, -0.05) is 11.6 Å². The predicted molar refractivity (Wildman–Crippen MR) is 92.1 cm³/mol. The normalized spacial score (nSPS) is 20.0. The lowest BCUT2D eigenvalue weighted by molar-refractivity contribution is 0.476. The van der Waals surface area contributed by atoms with Crippen molar-refractivity contribution in [1.29, 1.82) is 5.26 Å². The number of hydrogen-bond donors (Lipinski definition) is 3. The van der Waals surface area contributed by atoms with E-state index in [0.717, 1.165) is 24.8 Å². The van der Waals surface area contributed by atoms with Crippen molar-refractivity contribution in [3.63, 3.8) is 0 Å². The Labute approximate surface area is 141 Å². The van der Waals surface area contributed by atoms with E-state index in [0.29, 0.717) is 35.1 Å². The minimum absolute atomic E-state index is 0.0990. The van der Waals surface area contributed by atoms with Crippen LogP contribution in [-0.4, -0.2) is 21.6 Å². The minimum Gasteiger partial charge on any atom is -0.507 e. The minimum atomic E-state index is 0.0990. The fourth-order valence-electron chi connectivity index (χ4n) is 3.39. The lowest BCUT2D eigenvalue weighted by atomic mass is 9.97. The fourth-order valence-corrected chi connectivity index (χ4v) is 3.39. The Balaban J connectivity index is 2.10. The summed E-state index contributed by atoms with van der Waals surface area (Å²) in [6.45, 7) is 2.57. The van der Waals surface area contributed by atoms with Gasteiger partial charge in [0, 0.05) is 5.92 Å². The second kappa shape index (κ2) is 6.46. The van der Waals surface area contributed by atoms with E-state index in [1.807, 2.05) is 19.1 Å². The van der Waals surface area contributed by atoms with Crippen LogP contribution in [0.5, 0.6) is 5.75 Å². The number of phenolic OH excluding ortho intramolecular Hbond substituents is 1. The standard InChI is InChI=1S/C18H21N5O/c1-10-2-5-15(24)13(6-10)18-22-16(14(9-20)17(21)23-18)12-4-3-11(7-12)8-19/h2,5-6,11-12,24H,3-4,7-8,19H2,1H3,(H2,21,22,23). The van der Waals surface area contributed by atoms with Gasteiger partial charge < -0.3 is 16.6 Å². The summed E-state index contributed by atoms with van der Waals surface area (Å²) >= 11 is 0. The van der Waals surface area contributed by atoms with Gasteiger partial charge in [0.15, 0.2) is 5.82 Å². The van der Waals surface area contributed by atoms with Crippen molar-refractivity contribution in [2.24, 2.45) is 11.7 Å². The summed E-state index contributed by atoms with van der Waals surface area (Å²) in [5, 5.41) is 19.6. The Morgan fingerprint density at radius 1 is 1.33 bits per heavy atom. The zero-order valence-electron chi connectivity index (χ0n) is 13.7. The van der Waals surface area contributed by atoms with Gasteiger partial charge in [0.1, 0.15) is 23.2 Å². The topological polar surface area (TPSA) is 122 Å². The lowest BCUT2D eigenvalue weighted by Gasteiger charge is -2.15. The van der Waals surface area contributed by atoms with E-state index in [9.17, 15) is 10.4 Å². The Bertz CT molecular complexity index is 812. The molecule has 2 atom stereocenters. The van der Waals surface area contributed by atoms with Crippen molar-refractivity contribution in [2.45, 2.75) is 32.1 Å². The van der Waals surface area contributed by atoms with E-state index >= 15 is 0 Å². The molecule has 2 aromatic rings. The Morgan fingerprint density at radius 2 is 2.12 bits per heavy atom. The number of nitriles is 1. The summed E-state index contributed by atoms with van der Waals surface area (Å²) in [6, 6.07) is 7.38. The molecule has 1 aliphatic carbocycles. The number of nitrogen functional groups attached to an aromatic ring is 1. The van der Waals surface area contributed by atoms with Gasteiger partial charge in [-0.2, -0.15) is 5.26 Å². The molecule has 0 amide bonds. The molecule has 6 nitrogen and oxygen atoms in total. The maximum absolute atomic E-state index is 10.1. The molecular formula is C18H21N5O. The molecule has 1 saturated carbocycles. The molecule has 24 heavy (non-hydrogen) atoms. The molecule has 5 N–H and O–H groups in total. The molecule has 3 rings (SSSR count). The van der Waals surface area contributed by atoms with Crippen molar-refractivity contribution < 1.29 is 5.11 Å². The number of anilines is 1. The van der Waals surface area contributed by atoms with Gasteiger partial charge in [-0.05, 0) is 50.8 Å². The van der Waals surface area contributed by atoms with Gasteiger partial charge in [0.25, 0.3) is 0 Å². The number of hydrogen-bond acceptors (Lipinski definition) is 6. The van der Waals surface area contributed by atoms with E-state index in [2.05, 4.69) is 16.0 Å². The summed E-state index contributed by atoms with van der Waals surface area (Å²) in [4.78, 5) is 8.86. The predicted octanol–water partition coefficient (Wildman–Crippen LogP) is 2.45. The number of nitrogens with zero attached hydrogens (tertiary/aromatic N) is 3. The largest absolute Gasteiger partial charge is 0.507 e. The van der Waals surface area contributed by atoms with Gasteiger partial charge in [-0.15, -0.1) is 0 Å². The Kier molecular flexibility index (Phi) is 4.36. The number of nitrogens with two attached hydrogens (primary N) is 2. The van der Waals surface area contributed by atoms with Crippen LogP contribution in [0, 0.1) is 24.2 Å². The molecular weight excluding hydrogens is 302 g/mol. The first-order chi connectivity index (χ1) is 11.5. The van der Waals surface area contributed by atoms with Crippen molar-refractivity contribution in [3.05, 3.63) is 35.0 Å².